The van der Waals surface area contributed by atoms with Crippen molar-refractivity contribution in [2.24, 2.45) is 0 Å². The molecule has 1 aromatic carbocycles. The molecule has 0 atom stereocenters. The zero-order chi connectivity index (χ0) is 10.5. The maximum atomic E-state index is 12.9. The number of amides is 1. The van der Waals surface area contributed by atoms with Gasteiger partial charge in [0.15, 0.2) is 11.6 Å². The Hall–Kier alpha value is -1.45. The topological polar surface area (TPSA) is 29.1 Å². The highest BCUT2D eigenvalue weighted by molar-refractivity contribution is 6.05. The Balaban J connectivity index is 2.67. The van der Waals surface area contributed by atoms with Crippen LogP contribution in [0.15, 0.2) is 12.1 Å². The van der Waals surface area contributed by atoms with E-state index in [4.69, 9.17) is 0 Å². The monoisotopic (exact) mass is 197 g/mol. The van der Waals surface area contributed by atoms with Crippen LogP contribution in [0.1, 0.15) is 19.4 Å². The van der Waals surface area contributed by atoms with Gasteiger partial charge in [-0.15, -0.1) is 0 Å². The molecule has 14 heavy (non-hydrogen) atoms. The van der Waals surface area contributed by atoms with E-state index in [-0.39, 0.29) is 5.91 Å². The molecule has 1 N–H and O–H groups in total. The van der Waals surface area contributed by atoms with Gasteiger partial charge >= 0.3 is 0 Å². The van der Waals surface area contributed by atoms with E-state index in [0.29, 0.717) is 11.3 Å². The molecule has 2 nitrogen and oxygen atoms in total. The fourth-order valence-electron chi connectivity index (χ4n) is 1.57. The number of hydrogen-bond donors (Lipinski definition) is 1. The van der Waals surface area contributed by atoms with Crippen molar-refractivity contribution in [2.75, 3.05) is 5.32 Å². The van der Waals surface area contributed by atoms with Gasteiger partial charge in [-0.2, -0.15) is 0 Å². The number of carbonyl (C=O) groups excluding carboxylic acids is 1. The molecule has 0 spiro atoms. The maximum Gasteiger partial charge on any atom is 0.234 e. The minimum atomic E-state index is -0.943. The smallest absolute Gasteiger partial charge is 0.234 e. The number of carbonyl (C=O) groups is 1. The lowest BCUT2D eigenvalue weighted by molar-refractivity contribution is -0.119. The number of benzene rings is 1. The van der Waals surface area contributed by atoms with E-state index < -0.39 is 17.0 Å². The summed E-state index contributed by atoms with van der Waals surface area (Å²) in [6.45, 7) is 3.34. The summed E-state index contributed by atoms with van der Waals surface area (Å²) in [6, 6.07) is 2.08. The lowest BCUT2D eigenvalue weighted by Crippen LogP contribution is -2.26. The van der Waals surface area contributed by atoms with Crippen LogP contribution in [0.3, 0.4) is 0 Å². The van der Waals surface area contributed by atoms with Crippen LogP contribution in [-0.2, 0) is 10.2 Å². The second-order valence-corrected chi connectivity index (χ2v) is 3.89. The first-order valence-electron chi connectivity index (χ1n) is 4.24. The first-order valence-corrected chi connectivity index (χ1v) is 4.24. The van der Waals surface area contributed by atoms with Gasteiger partial charge in [-0.25, -0.2) is 8.78 Å². The molecule has 1 aromatic rings. The Morgan fingerprint density at radius 1 is 1.21 bits per heavy atom. The molecule has 1 aliphatic heterocycles. The molecule has 2 rings (SSSR count). The summed E-state index contributed by atoms with van der Waals surface area (Å²) in [6.07, 6.45) is 0. The van der Waals surface area contributed by atoms with Crippen LogP contribution in [0, 0.1) is 11.6 Å². The molecule has 0 unspecified atom stereocenters. The molecule has 1 amide bonds. The quantitative estimate of drug-likeness (QED) is 0.678. The molecule has 1 heterocycles. The number of halogens is 2. The Kier molecular flexibility index (Phi) is 1.65. The van der Waals surface area contributed by atoms with Crippen LogP contribution in [0.4, 0.5) is 14.5 Å². The fraction of sp³-hybridized carbons (Fsp3) is 0.300. The first-order chi connectivity index (χ1) is 6.43. The van der Waals surface area contributed by atoms with Crippen LogP contribution in [0.5, 0.6) is 0 Å². The highest BCUT2D eigenvalue weighted by Crippen LogP contribution is 2.38. The standard InChI is InChI=1S/C10H9F2NO/c1-10(2)5-3-6(11)7(12)4-8(5)13-9(10)14/h3-4H,1-2H3,(H,13,14). The van der Waals surface area contributed by atoms with Crippen molar-refractivity contribution >= 4 is 11.6 Å². The SMILES string of the molecule is CC1(C)C(=O)Nc2cc(F)c(F)cc21. The van der Waals surface area contributed by atoms with Gasteiger partial charge < -0.3 is 5.32 Å². The summed E-state index contributed by atoms with van der Waals surface area (Å²) >= 11 is 0. The normalized spacial score (nSPS) is 17.9. The van der Waals surface area contributed by atoms with E-state index in [1.165, 1.54) is 0 Å². The highest BCUT2D eigenvalue weighted by atomic mass is 19.2. The third-order valence-corrected chi connectivity index (χ3v) is 2.55. The van der Waals surface area contributed by atoms with Crippen molar-refractivity contribution in [3.05, 3.63) is 29.3 Å². The van der Waals surface area contributed by atoms with Gasteiger partial charge in [-0.1, -0.05) is 0 Å². The van der Waals surface area contributed by atoms with E-state index in [1.807, 2.05) is 0 Å². The van der Waals surface area contributed by atoms with Crippen LogP contribution < -0.4 is 5.32 Å². The summed E-state index contributed by atoms with van der Waals surface area (Å²) < 4.78 is 25.8. The van der Waals surface area contributed by atoms with Gasteiger partial charge in [0.2, 0.25) is 5.91 Å². The van der Waals surface area contributed by atoms with Gasteiger partial charge in [-0.3, -0.25) is 4.79 Å². The summed E-state index contributed by atoms with van der Waals surface area (Å²) in [5, 5.41) is 2.51. The average molecular weight is 197 g/mol. The molecule has 0 fully saturated rings. The van der Waals surface area contributed by atoms with Crippen LogP contribution >= 0.6 is 0 Å². The predicted octanol–water partition coefficient (Wildman–Crippen LogP) is 2.19. The summed E-state index contributed by atoms with van der Waals surface area (Å²) in [4.78, 5) is 11.4. The maximum absolute atomic E-state index is 12.9. The number of fused-ring (bicyclic) bond motifs is 1. The largest absolute Gasteiger partial charge is 0.325 e. The second kappa shape index (κ2) is 2.53. The molecule has 0 saturated heterocycles. The lowest BCUT2D eigenvalue weighted by atomic mass is 9.86. The minimum absolute atomic E-state index is 0.238. The summed E-state index contributed by atoms with van der Waals surface area (Å²) in [5.41, 5.74) is 0.0736. The molecule has 1 aliphatic rings. The highest BCUT2D eigenvalue weighted by Gasteiger charge is 2.39. The van der Waals surface area contributed by atoms with Crippen molar-refractivity contribution in [3.63, 3.8) is 0 Å². The van der Waals surface area contributed by atoms with Crippen LogP contribution in [-0.4, -0.2) is 5.91 Å². The molecule has 0 saturated carbocycles. The number of rotatable bonds is 0. The Morgan fingerprint density at radius 3 is 2.43 bits per heavy atom. The molecular weight excluding hydrogens is 188 g/mol. The van der Waals surface area contributed by atoms with Gasteiger partial charge in [0.25, 0.3) is 0 Å². The summed E-state index contributed by atoms with van der Waals surface area (Å²) in [5.74, 6) is -2.10. The van der Waals surface area contributed by atoms with Crippen LogP contribution in [0.2, 0.25) is 0 Å². The van der Waals surface area contributed by atoms with Crippen molar-refractivity contribution in [1.82, 2.24) is 0 Å². The predicted molar refractivity (Wildman–Crippen MR) is 48.0 cm³/mol. The molecule has 0 aromatic heterocycles. The molecule has 0 aliphatic carbocycles. The first kappa shape index (κ1) is 9.12. The van der Waals surface area contributed by atoms with Crippen molar-refractivity contribution in [3.8, 4) is 0 Å². The van der Waals surface area contributed by atoms with E-state index in [2.05, 4.69) is 5.32 Å². The molecule has 4 heteroatoms. The fourth-order valence-corrected chi connectivity index (χ4v) is 1.57. The van der Waals surface area contributed by atoms with E-state index in [1.54, 1.807) is 13.8 Å². The third-order valence-electron chi connectivity index (χ3n) is 2.55. The Bertz CT molecular complexity index is 426. The Morgan fingerprint density at radius 2 is 1.79 bits per heavy atom. The molecule has 74 valence electrons. The minimum Gasteiger partial charge on any atom is -0.325 e. The van der Waals surface area contributed by atoms with Crippen LogP contribution in [0.25, 0.3) is 0 Å². The zero-order valence-corrected chi connectivity index (χ0v) is 7.82. The molecular formula is C10H9F2NO. The average Bonchev–Trinajstić information content (AvgIpc) is 2.28. The Labute approximate surface area is 79.9 Å². The molecule has 0 radical (unpaired) electrons. The van der Waals surface area contributed by atoms with Gasteiger partial charge in [0, 0.05) is 11.8 Å². The van der Waals surface area contributed by atoms with E-state index in [9.17, 15) is 13.6 Å². The van der Waals surface area contributed by atoms with Gasteiger partial charge in [-0.05, 0) is 25.5 Å². The number of nitrogens with one attached hydrogen (secondary N) is 1. The lowest BCUT2D eigenvalue weighted by Gasteiger charge is -2.14. The van der Waals surface area contributed by atoms with E-state index >= 15 is 0 Å². The van der Waals surface area contributed by atoms with Gasteiger partial charge in [0.1, 0.15) is 0 Å². The third kappa shape index (κ3) is 1.03. The van der Waals surface area contributed by atoms with Crippen molar-refractivity contribution < 1.29 is 13.6 Å². The van der Waals surface area contributed by atoms with E-state index in [0.717, 1.165) is 12.1 Å². The second-order valence-electron chi connectivity index (χ2n) is 3.89. The summed E-state index contributed by atoms with van der Waals surface area (Å²) in [7, 11) is 0. The number of hydrogen-bond acceptors (Lipinski definition) is 1. The number of anilines is 1. The zero-order valence-electron chi connectivity index (χ0n) is 7.82. The van der Waals surface area contributed by atoms with Gasteiger partial charge in [0.05, 0.1) is 5.41 Å². The molecule has 0 bridgehead atoms. The van der Waals surface area contributed by atoms with Crippen molar-refractivity contribution in [1.29, 1.82) is 0 Å². The van der Waals surface area contributed by atoms with Crippen molar-refractivity contribution in [2.45, 2.75) is 19.3 Å².